The van der Waals surface area contributed by atoms with E-state index in [-0.39, 0.29) is 7.43 Å². The van der Waals surface area contributed by atoms with Gasteiger partial charge in [0.2, 0.25) is 0 Å². The largest absolute Gasteiger partial charge is 0.0776 e. The number of hydrogen-bond donors (Lipinski definition) is 0. The summed E-state index contributed by atoms with van der Waals surface area (Å²) in [4.78, 5) is 0. The zero-order chi connectivity index (χ0) is 10.6. The highest BCUT2D eigenvalue weighted by Gasteiger charge is 1.97. The fourth-order valence-corrected chi connectivity index (χ4v) is 1.60. The van der Waals surface area contributed by atoms with Gasteiger partial charge in [0.15, 0.2) is 0 Å². The van der Waals surface area contributed by atoms with E-state index in [4.69, 9.17) is 0 Å². The van der Waals surface area contributed by atoms with Crippen LogP contribution < -0.4 is 0 Å². The summed E-state index contributed by atoms with van der Waals surface area (Å²) in [6.45, 7) is 8.31. The van der Waals surface area contributed by atoms with Gasteiger partial charge in [0, 0.05) is 0 Å². The van der Waals surface area contributed by atoms with Crippen LogP contribution in [0.1, 0.15) is 32.4 Å². The Morgan fingerprint density at radius 2 is 1.00 bits per heavy atom. The van der Waals surface area contributed by atoms with Crippen molar-refractivity contribution in [1.82, 2.24) is 0 Å². The summed E-state index contributed by atoms with van der Waals surface area (Å²) >= 11 is 0. The van der Waals surface area contributed by atoms with Gasteiger partial charge in [-0.2, -0.15) is 0 Å². The van der Waals surface area contributed by atoms with E-state index in [1.54, 1.807) is 0 Å². The molecule has 0 aliphatic heterocycles. The Kier molecular flexibility index (Phi) is 5.69. The van der Waals surface area contributed by atoms with Crippen molar-refractivity contribution in [3.63, 3.8) is 0 Å². The Labute approximate surface area is 93.9 Å². The normalized spacial score (nSPS) is 8.80. The lowest BCUT2D eigenvalue weighted by Gasteiger charge is -2.03. The van der Waals surface area contributed by atoms with E-state index >= 15 is 0 Å². The van der Waals surface area contributed by atoms with E-state index in [0.717, 1.165) is 0 Å². The first-order valence-electron chi connectivity index (χ1n) is 5.24. The fourth-order valence-electron chi connectivity index (χ4n) is 1.60. The molecule has 15 heavy (non-hydrogen) atoms. The monoisotopic (exact) mass is 202 g/mol. The maximum atomic E-state index is 2.18. The predicted molar refractivity (Wildman–Crippen MR) is 71.5 cm³/mol. The molecule has 0 bridgehead atoms. The summed E-state index contributed by atoms with van der Waals surface area (Å²) in [5.41, 5.74) is 2.72. The summed E-state index contributed by atoms with van der Waals surface area (Å²) in [6.07, 6.45) is 0. The van der Waals surface area contributed by atoms with E-state index in [1.807, 2.05) is 13.8 Å². The molecule has 0 atom stereocenters. The maximum Gasteiger partial charge on any atom is -0.0152 e. The van der Waals surface area contributed by atoms with Gasteiger partial charge in [-0.05, 0) is 35.7 Å². The summed E-state index contributed by atoms with van der Waals surface area (Å²) in [5, 5.41) is 2.75. The molecule has 2 aromatic carbocycles. The fraction of sp³-hybridized carbons (Fsp3) is 0.333. The number of rotatable bonds is 0. The van der Waals surface area contributed by atoms with Crippen molar-refractivity contribution in [2.45, 2.75) is 35.1 Å². The van der Waals surface area contributed by atoms with Gasteiger partial charge in [0.25, 0.3) is 0 Å². The van der Waals surface area contributed by atoms with Crippen molar-refractivity contribution in [3.05, 3.63) is 47.5 Å². The summed E-state index contributed by atoms with van der Waals surface area (Å²) in [6, 6.07) is 12.9. The van der Waals surface area contributed by atoms with E-state index < -0.39 is 0 Å². The Bertz CT molecular complexity index is 373. The average Bonchev–Trinajstić information content (AvgIpc) is 2.27. The zero-order valence-corrected chi connectivity index (χ0v) is 9.46. The molecule has 0 radical (unpaired) electrons. The second-order valence-electron chi connectivity index (χ2n) is 3.24. The Morgan fingerprint density at radius 1 is 0.667 bits per heavy atom. The maximum absolute atomic E-state index is 2.18. The lowest BCUT2D eigenvalue weighted by molar-refractivity contribution is 1.46. The molecule has 0 N–H and O–H groups in total. The number of benzene rings is 2. The van der Waals surface area contributed by atoms with Gasteiger partial charge in [-0.25, -0.2) is 0 Å². The van der Waals surface area contributed by atoms with Crippen LogP contribution in [0.2, 0.25) is 0 Å². The second-order valence-corrected chi connectivity index (χ2v) is 3.24. The molecule has 82 valence electrons. The van der Waals surface area contributed by atoms with Crippen molar-refractivity contribution >= 4 is 10.8 Å². The van der Waals surface area contributed by atoms with Crippen LogP contribution in [0.4, 0.5) is 0 Å². The first-order chi connectivity index (χ1) is 6.79. The number of hydrogen-bond acceptors (Lipinski definition) is 0. The first kappa shape index (κ1) is 13.7. The molecule has 0 amide bonds. The molecule has 0 aromatic heterocycles. The highest BCUT2D eigenvalue weighted by Crippen LogP contribution is 2.20. The molecule has 0 heteroatoms. The number of fused-ring (bicyclic) bond motifs is 1. The van der Waals surface area contributed by atoms with Crippen molar-refractivity contribution in [1.29, 1.82) is 0 Å². The molecular formula is C15H22. The lowest BCUT2D eigenvalue weighted by Crippen LogP contribution is -1.80. The standard InChI is InChI=1S/C12H12.C2H6.CH4/c1-9-7-8-10(2)12-6-4-3-5-11(9)12;1-2;/h3-8H,1-2H3;1-2H3;1H4. The Hall–Kier alpha value is -1.30. The van der Waals surface area contributed by atoms with Crippen LogP contribution in [-0.2, 0) is 0 Å². The first-order valence-corrected chi connectivity index (χ1v) is 5.24. The minimum Gasteiger partial charge on any atom is -0.0776 e. The smallest absolute Gasteiger partial charge is 0.0152 e. The predicted octanol–water partition coefficient (Wildman–Crippen LogP) is 5.12. The van der Waals surface area contributed by atoms with E-state index in [1.165, 1.54) is 21.9 Å². The molecule has 2 rings (SSSR count). The van der Waals surface area contributed by atoms with Crippen molar-refractivity contribution in [3.8, 4) is 0 Å². The quantitative estimate of drug-likeness (QED) is 0.556. The summed E-state index contributed by atoms with van der Waals surface area (Å²) in [5.74, 6) is 0. The molecule has 0 spiro atoms. The average molecular weight is 202 g/mol. The summed E-state index contributed by atoms with van der Waals surface area (Å²) < 4.78 is 0. The van der Waals surface area contributed by atoms with E-state index in [2.05, 4.69) is 50.2 Å². The summed E-state index contributed by atoms with van der Waals surface area (Å²) in [7, 11) is 0. The van der Waals surface area contributed by atoms with Crippen LogP contribution in [0.25, 0.3) is 10.8 Å². The molecule has 0 saturated heterocycles. The van der Waals surface area contributed by atoms with Gasteiger partial charge in [-0.1, -0.05) is 57.7 Å². The lowest BCUT2D eigenvalue weighted by atomic mass is 10.0. The van der Waals surface area contributed by atoms with Crippen LogP contribution in [0.5, 0.6) is 0 Å². The third-order valence-corrected chi connectivity index (χ3v) is 2.36. The van der Waals surface area contributed by atoms with Crippen molar-refractivity contribution in [2.75, 3.05) is 0 Å². The van der Waals surface area contributed by atoms with E-state index in [9.17, 15) is 0 Å². The molecule has 0 nitrogen and oxygen atoms in total. The topological polar surface area (TPSA) is 0 Å². The molecule has 0 aliphatic rings. The molecule has 0 saturated carbocycles. The van der Waals surface area contributed by atoms with Gasteiger partial charge in [0.1, 0.15) is 0 Å². The van der Waals surface area contributed by atoms with Crippen LogP contribution in [-0.4, -0.2) is 0 Å². The second kappa shape index (κ2) is 6.23. The van der Waals surface area contributed by atoms with Gasteiger partial charge in [-0.15, -0.1) is 0 Å². The molecule has 2 aromatic rings. The molecule has 0 heterocycles. The molecular weight excluding hydrogens is 180 g/mol. The van der Waals surface area contributed by atoms with Crippen LogP contribution >= 0.6 is 0 Å². The van der Waals surface area contributed by atoms with Gasteiger partial charge < -0.3 is 0 Å². The number of aryl methyl sites for hydroxylation is 2. The van der Waals surface area contributed by atoms with Crippen molar-refractivity contribution in [2.24, 2.45) is 0 Å². The Balaban J connectivity index is 0.000000617. The van der Waals surface area contributed by atoms with Crippen LogP contribution in [0.15, 0.2) is 36.4 Å². The van der Waals surface area contributed by atoms with E-state index in [0.29, 0.717) is 0 Å². The highest BCUT2D eigenvalue weighted by atomic mass is 14.0. The van der Waals surface area contributed by atoms with Gasteiger partial charge >= 0.3 is 0 Å². The third kappa shape index (κ3) is 2.82. The molecule has 0 fully saturated rings. The highest BCUT2D eigenvalue weighted by molar-refractivity contribution is 5.88. The Morgan fingerprint density at radius 3 is 1.33 bits per heavy atom. The van der Waals surface area contributed by atoms with Gasteiger partial charge in [0.05, 0.1) is 0 Å². The minimum atomic E-state index is 0. The zero-order valence-electron chi connectivity index (χ0n) is 9.46. The van der Waals surface area contributed by atoms with Crippen molar-refractivity contribution < 1.29 is 0 Å². The SMILES string of the molecule is C.CC.Cc1ccc(C)c2ccccc12. The molecule has 0 aliphatic carbocycles. The van der Waals surface area contributed by atoms with Gasteiger partial charge in [-0.3, -0.25) is 0 Å². The van der Waals surface area contributed by atoms with Crippen LogP contribution in [0, 0.1) is 13.8 Å². The third-order valence-electron chi connectivity index (χ3n) is 2.36. The van der Waals surface area contributed by atoms with Crippen LogP contribution in [0.3, 0.4) is 0 Å². The molecule has 0 unspecified atom stereocenters. The minimum absolute atomic E-state index is 0.